The minimum Gasteiger partial charge on any atom is -0.399 e. The first-order valence-electron chi connectivity index (χ1n) is 10.1. The van der Waals surface area contributed by atoms with E-state index in [9.17, 15) is 4.79 Å². The highest BCUT2D eigenvalue weighted by Gasteiger charge is 2.09. The van der Waals surface area contributed by atoms with Crippen LogP contribution in [0.15, 0.2) is 91.4 Å². The Morgan fingerprint density at radius 1 is 0.875 bits per heavy atom. The second-order valence-electron chi connectivity index (χ2n) is 7.32. The molecule has 0 aliphatic carbocycles. The molecule has 0 saturated carbocycles. The van der Waals surface area contributed by atoms with Gasteiger partial charge in [0, 0.05) is 51.4 Å². The van der Waals surface area contributed by atoms with Gasteiger partial charge in [-0.15, -0.1) is 0 Å². The summed E-state index contributed by atoms with van der Waals surface area (Å²) in [5.74, 6) is 0.452. The van der Waals surface area contributed by atoms with Gasteiger partial charge in [-0.05, 0) is 48.5 Å². The minimum absolute atomic E-state index is 0.203. The Labute approximate surface area is 184 Å². The number of nitrogens with two attached hydrogens (primary N) is 1. The first-order valence-corrected chi connectivity index (χ1v) is 10.1. The fourth-order valence-corrected chi connectivity index (χ4v) is 3.52. The van der Waals surface area contributed by atoms with E-state index < -0.39 is 0 Å². The van der Waals surface area contributed by atoms with E-state index in [0.29, 0.717) is 22.8 Å². The van der Waals surface area contributed by atoms with E-state index in [-0.39, 0.29) is 5.91 Å². The number of aromatic nitrogens is 3. The van der Waals surface area contributed by atoms with E-state index in [2.05, 4.69) is 31.7 Å². The zero-order valence-electron chi connectivity index (χ0n) is 17.0. The summed E-state index contributed by atoms with van der Waals surface area (Å²) in [5, 5.41) is 7.29. The highest BCUT2D eigenvalue weighted by Crippen LogP contribution is 2.28. The van der Waals surface area contributed by atoms with Crippen molar-refractivity contribution >= 4 is 39.7 Å². The van der Waals surface area contributed by atoms with E-state index in [0.717, 1.165) is 27.8 Å². The Morgan fingerprint density at radius 3 is 2.56 bits per heavy atom. The van der Waals surface area contributed by atoms with Crippen LogP contribution in [0, 0.1) is 0 Å². The molecule has 0 aliphatic heterocycles. The molecule has 5 aromatic rings. The smallest absolute Gasteiger partial charge is 0.255 e. The number of aromatic amines is 1. The predicted octanol–water partition coefficient (Wildman–Crippen LogP) is 5.20. The maximum Gasteiger partial charge on any atom is 0.255 e. The molecule has 5 rings (SSSR count). The lowest BCUT2D eigenvalue weighted by molar-refractivity contribution is 0.102. The number of carbonyl (C=O) groups excluding carboxylic acids is 1. The number of rotatable bonds is 5. The molecule has 1 amide bonds. The van der Waals surface area contributed by atoms with Gasteiger partial charge >= 0.3 is 0 Å². The molecule has 0 fully saturated rings. The number of hydrogen-bond acceptors (Lipinski definition) is 5. The zero-order chi connectivity index (χ0) is 21.9. The predicted molar refractivity (Wildman–Crippen MR) is 128 cm³/mol. The van der Waals surface area contributed by atoms with Crippen molar-refractivity contribution < 1.29 is 4.79 Å². The number of hydrogen-bond donors (Lipinski definition) is 4. The van der Waals surface area contributed by atoms with Gasteiger partial charge in [0.2, 0.25) is 0 Å². The Kier molecular flexibility index (Phi) is 4.97. The van der Waals surface area contributed by atoms with E-state index in [1.54, 1.807) is 24.3 Å². The number of nitrogens with zero attached hydrogens (tertiary/aromatic N) is 2. The Balaban J connectivity index is 1.35. The molecule has 3 aromatic carbocycles. The van der Waals surface area contributed by atoms with Crippen molar-refractivity contribution in [3.05, 3.63) is 97.0 Å². The molecule has 0 unspecified atom stereocenters. The summed E-state index contributed by atoms with van der Waals surface area (Å²) in [6.45, 7) is 0. The van der Waals surface area contributed by atoms with Gasteiger partial charge in [0.15, 0.2) is 0 Å². The second-order valence-corrected chi connectivity index (χ2v) is 7.32. The first kappa shape index (κ1) is 19.3. The maximum absolute atomic E-state index is 12.5. The number of anilines is 4. The first-order chi connectivity index (χ1) is 15.7. The van der Waals surface area contributed by atoms with E-state index in [1.807, 2.05) is 54.7 Å². The summed E-state index contributed by atoms with van der Waals surface area (Å²) in [7, 11) is 0. The van der Waals surface area contributed by atoms with Gasteiger partial charge in [0.25, 0.3) is 5.91 Å². The number of para-hydroxylation sites is 1. The molecule has 0 radical (unpaired) electrons. The summed E-state index contributed by atoms with van der Waals surface area (Å²) in [6.07, 6.45) is 3.48. The monoisotopic (exact) mass is 420 g/mol. The summed E-state index contributed by atoms with van der Waals surface area (Å²) in [4.78, 5) is 24.5. The van der Waals surface area contributed by atoms with Crippen molar-refractivity contribution in [2.24, 2.45) is 0 Å². The van der Waals surface area contributed by atoms with Gasteiger partial charge in [0.1, 0.15) is 12.1 Å². The zero-order valence-corrected chi connectivity index (χ0v) is 17.0. The quantitative estimate of drug-likeness (QED) is 0.292. The summed E-state index contributed by atoms with van der Waals surface area (Å²) in [5.41, 5.74) is 11.2. The Bertz CT molecular complexity index is 1410. The van der Waals surface area contributed by atoms with Gasteiger partial charge in [-0.2, -0.15) is 0 Å². The summed E-state index contributed by atoms with van der Waals surface area (Å²) in [6, 6.07) is 24.2. The van der Waals surface area contributed by atoms with Crippen LogP contribution in [-0.2, 0) is 0 Å². The van der Waals surface area contributed by atoms with Gasteiger partial charge in [-0.3, -0.25) is 4.79 Å². The van der Waals surface area contributed by atoms with Crippen molar-refractivity contribution in [2.45, 2.75) is 0 Å². The lowest BCUT2D eigenvalue weighted by atomic mass is 10.1. The van der Waals surface area contributed by atoms with Crippen LogP contribution in [0.3, 0.4) is 0 Å². The molecule has 2 heterocycles. The molecule has 0 atom stereocenters. The number of amides is 1. The molecular formula is C25H20N6O. The van der Waals surface area contributed by atoms with Crippen LogP contribution in [0.25, 0.3) is 22.2 Å². The number of benzene rings is 3. The van der Waals surface area contributed by atoms with Gasteiger partial charge in [-0.25, -0.2) is 9.97 Å². The van der Waals surface area contributed by atoms with Crippen LogP contribution in [0.2, 0.25) is 0 Å². The molecule has 7 nitrogen and oxygen atoms in total. The van der Waals surface area contributed by atoms with Crippen LogP contribution in [0.4, 0.5) is 22.9 Å². The summed E-state index contributed by atoms with van der Waals surface area (Å²) >= 11 is 0. The number of fused-ring (bicyclic) bond motifs is 1. The second kappa shape index (κ2) is 8.23. The van der Waals surface area contributed by atoms with Crippen LogP contribution in [0.1, 0.15) is 10.4 Å². The number of carbonyl (C=O) groups is 1. The third kappa shape index (κ3) is 3.99. The largest absolute Gasteiger partial charge is 0.399 e. The lowest BCUT2D eigenvalue weighted by Crippen LogP contribution is -2.11. The molecule has 156 valence electrons. The average molecular weight is 420 g/mol. The fourth-order valence-electron chi connectivity index (χ4n) is 3.52. The van der Waals surface area contributed by atoms with Crippen molar-refractivity contribution in [2.75, 3.05) is 16.4 Å². The third-order valence-electron chi connectivity index (χ3n) is 5.10. The molecule has 2 aromatic heterocycles. The van der Waals surface area contributed by atoms with Crippen LogP contribution < -0.4 is 16.4 Å². The van der Waals surface area contributed by atoms with Crippen LogP contribution in [0.5, 0.6) is 0 Å². The Morgan fingerprint density at radius 2 is 1.69 bits per heavy atom. The number of nitrogen functional groups attached to an aromatic ring is 1. The van der Waals surface area contributed by atoms with Gasteiger partial charge in [0.05, 0.1) is 5.69 Å². The van der Waals surface area contributed by atoms with E-state index in [1.165, 1.54) is 6.33 Å². The van der Waals surface area contributed by atoms with Crippen molar-refractivity contribution in [3.63, 3.8) is 0 Å². The minimum atomic E-state index is -0.203. The molecule has 7 heteroatoms. The SMILES string of the molecule is Nc1ccc(C(=O)Nc2cccc(Nc3cc(-c4c[nH]c5ccccc45)ncn3)c2)cc1. The normalized spacial score (nSPS) is 10.8. The van der Waals surface area contributed by atoms with E-state index >= 15 is 0 Å². The molecular weight excluding hydrogens is 400 g/mol. The number of H-pyrrole nitrogens is 1. The summed E-state index contributed by atoms with van der Waals surface area (Å²) < 4.78 is 0. The van der Waals surface area contributed by atoms with Crippen LogP contribution >= 0.6 is 0 Å². The third-order valence-corrected chi connectivity index (χ3v) is 5.10. The average Bonchev–Trinajstić information content (AvgIpc) is 3.24. The van der Waals surface area contributed by atoms with Gasteiger partial charge < -0.3 is 21.4 Å². The van der Waals surface area contributed by atoms with Crippen molar-refractivity contribution in [3.8, 4) is 11.3 Å². The van der Waals surface area contributed by atoms with Crippen molar-refractivity contribution in [1.29, 1.82) is 0 Å². The lowest BCUT2D eigenvalue weighted by Gasteiger charge is -2.10. The highest BCUT2D eigenvalue weighted by molar-refractivity contribution is 6.04. The maximum atomic E-state index is 12.5. The highest BCUT2D eigenvalue weighted by atomic mass is 16.1. The molecule has 0 bridgehead atoms. The van der Waals surface area contributed by atoms with E-state index in [4.69, 9.17) is 5.73 Å². The standard InChI is InChI=1S/C25H20N6O/c26-17-10-8-16(9-11-17)25(32)31-19-5-3-4-18(12-19)30-24-13-23(28-15-29-24)21-14-27-22-7-2-1-6-20(21)22/h1-15,27H,26H2,(H,31,32)(H,28,29,30). The van der Waals surface area contributed by atoms with Crippen LogP contribution in [-0.4, -0.2) is 20.9 Å². The topological polar surface area (TPSA) is 109 Å². The molecule has 0 saturated heterocycles. The fraction of sp³-hybridized carbons (Fsp3) is 0. The Hall–Kier alpha value is -4.65. The molecule has 0 spiro atoms. The molecule has 0 aliphatic rings. The number of nitrogens with one attached hydrogen (secondary N) is 3. The molecule has 32 heavy (non-hydrogen) atoms. The molecule has 5 N–H and O–H groups in total. The van der Waals surface area contributed by atoms with Crippen molar-refractivity contribution in [1.82, 2.24) is 15.0 Å². The van der Waals surface area contributed by atoms with Gasteiger partial charge in [-0.1, -0.05) is 24.3 Å².